The van der Waals surface area contributed by atoms with Crippen LogP contribution in [-0.2, 0) is 6.54 Å². The van der Waals surface area contributed by atoms with Crippen molar-refractivity contribution >= 4 is 34.3 Å². The van der Waals surface area contributed by atoms with E-state index >= 15 is 4.39 Å². The van der Waals surface area contributed by atoms with Gasteiger partial charge in [-0.3, -0.25) is 14.3 Å². The first-order valence-electron chi connectivity index (χ1n) is 14.8. The number of aryl methyl sites for hydroxylation is 2. The summed E-state index contributed by atoms with van der Waals surface area (Å²) >= 11 is 6.72. The highest BCUT2D eigenvalue weighted by Crippen LogP contribution is 2.33. The maximum atomic E-state index is 15.2. The van der Waals surface area contributed by atoms with Crippen LogP contribution in [0.5, 0.6) is 0 Å². The fourth-order valence-electron chi connectivity index (χ4n) is 5.88. The predicted octanol–water partition coefficient (Wildman–Crippen LogP) is 7.58. The van der Waals surface area contributed by atoms with Crippen molar-refractivity contribution in [3.8, 4) is 22.3 Å². The normalized spacial score (nSPS) is 14.3. The standard InChI is InChI=1S/C34H34ClFN6O/c1-4-41-14-12-22(13-15-41)27-11-9-26(18-31(27)36)39-34-38-20-25-16-29(33(43)42(5-2)32(25)40-34)28-10-8-23(17-30(28)35)24-7-6-21(3)37-19-24/h6-11,16-20,22H,4-5,12-15H2,1-3H3,(H,38,39,40). The summed E-state index contributed by atoms with van der Waals surface area (Å²) in [7, 11) is 0. The zero-order chi connectivity index (χ0) is 30.1. The number of anilines is 2. The quantitative estimate of drug-likeness (QED) is 0.209. The average molecular weight is 597 g/mol. The van der Waals surface area contributed by atoms with E-state index in [1.165, 1.54) is 6.07 Å². The number of rotatable bonds is 7. The van der Waals surface area contributed by atoms with Gasteiger partial charge in [-0.25, -0.2) is 9.37 Å². The molecule has 7 nitrogen and oxygen atoms in total. The second kappa shape index (κ2) is 12.2. The van der Waals surface area contributed by atoms with Crippen LogP contribution in [0.1, 0.15) is 43.9 Å². The van der Waals surface area contributed by atoms with E-state index in [9.17, 15) is 4.79 Å². The highest BCUT2D eigenvalue weighted by atomic mass is 35.5. The summed E-state index contributed by atoms with van der Waals surface area (Å²) in [6.45, 7) is 9.43. The molecule has 0 radical (unpaired) electrons. The minimum Gasteiger partial charge on any atom is -0.324 e. The monoisotopic (exact) mass is 596 g/mol. The molecule has 0 unspecified atom stereocenters. The Hall–Kier alpha value is -4.14. The van der Waals surface area contributed by atoms with E-state index < -0.39 is 0 Å². The lowest BCUT2D eigenvalue weighted by atomic mass is 9.89. The van der Waals surface area contributed by atoms with Gasteiger partial charge in [0.25, 0.3) is 5.56 Å². The number of halogens is 2. The van der Waals surface area contributed by atoms with Gasteiger partial charge in [0.05, 0.1) is 0 Å². The molecule has 1 fully saturated rings. The molecule has 0 saturated carbocycles. The Morgan fingerprint density at radius 3 is 2.40 bits per heavy atom. The van der Waals surface area contributed by atoms with Crippen LogP contribution in [-0.4, -0.2) is 44.1 Å². The molecule has 1 saturated heterocycles. The zero-order valence-corrected chi connectivity index (χ0v) is 25.3. The van der Waals surface area contributed by atoms with E-state index in [-0.39, 0.29) is 17.3 Å². The van der Waals surface area contributed by atoms with E-state index in [2.05, 4.69) is 32.1 Å². The largest absolute Gasteiger partial charge is 0.324 e. The second-order valence-electron chi connectivity index (χ2n) is 11.0. The topological polar surface area (TPSA) is 75.9 Å². The number of nitrogens with zero attached hydrogens (tertiary/aromatic N) is 5. The molecule has 0 amide bonds. The molecular formula is C34H34ClFN6O. The van der Waals surface area contributed by atoms with Gasteiger partial charge in [0, 0.05) is 57.4 Å². The molecule has 1 aliphatic heterocycles. The molecule has 0 aliphatic carbocycles. The van der Waals surface area contributed by atoms with Crippen LogP contribution in [0.4, 0.5) is 16.0 Å². The third kappa shape index (κ3) is 5.90. The number of fused-ring (bicyclic) bond motifs is 1. The lowest BCUT2D eigenvalue weighted by Gasteiger charge is -2.31. The first kappa shape index (κ1) is 29.0. The Bertz CT molecular complexity index is 1850. The van der Waals surface area contributed by atoms with Crippen molar-refractivity contribution in [1.29, 1.82) is 0 Å². The fourth-order valence-corrected chi connectivity index (χ4v) is 6.16. The van der Waals surface area contributed by atoms with Crippen LogP contribution in [0, 0.1) is 12.7 Å². The number of benzene rings is 2. The lowest BCUT2D eigenvalue weighted by molar-refractivity contribution is 0.220. The Morgan fingerprint density at radius 1 is 0.930 bits per heavy atom. The summed E-state index contributed by atoms with van der Waals surface area (Å²) in [6.07, 6.45) is 5.40. The maximum absolute atomic E-state index is 15.2. The number of pyridine rings is 2. The van der Waals surface area contributed by atoms with Gasteiger partial charge in [-0.1, -0.05) is 42.8 Å². The van der Waals surface area contributed by atoms with E-state index in [4.69, 9.17) is 11.6 Å². The number of aromatic nitrogens is 4. The number of likely N-dealkylation sites (tertiary alicyclic amines) is 1. The maximum Gasteiger partial charge on any atom is 0.260 e. The van der Waals surface area contributed by atoms with Gasteiger partial charge >= 0.3 is 0 Å². The van der Waals surface area contributed by atoms with Gasteiger partial charge in [-0.05, 0) is 93.7 Å². The van der Waals surface area contributed by atoms with Gasteiger partial charge in [-0.15, -0.1) is 0 Å². The molecule has 0 atom stereocenters. The average Bonchev–Trinajstić information content (AvgIpc) is 3.01. The SMILES string of the molecule is CCN1CCC(c2ccc(Nc3ncc4cc(-c5ccc(-c6ccc(C)nc6)cc5Cl)c(=O)n(CC)c4n3)cc2F)CC1. The van der Waals surface area contributed by atoms with Crippen molar-refractivity contribution in [2.24, 2.45) is 0 Å². The Balaban J connectivity index is 1.28. The molecule has 9 heteroatoms. The first-order chi connectivity index (χ1) is 20.8. The van der Waals surface area contributed by atoms with Gasteiger partial charge in [0.2, 0.25) is 5.95 Å². The molecule has 4 heterocycles. The van der Waals surface area contributed by atoms with Crippen molar-refractivity contribution < 1.29 is 4.39 Å². The summed E-state index contributed by atoms with van der Waals surface area (Å²) in [4.78, 5) is 29.6. The number of hydrogen-bond donors (Lipinski definition) is 1. The van der Waals surface area contributed by atoms with Crippen molar-refractivity contribution in [3.05, 3.63) is 99.4 Å². The molecule has 0 spiro atoms. The van der Waals surface area contributed by atoms with Crippen LogP contribution < -0.4 is 10.9 Å². The second-order valence-corrected chi connectivity index (χ2v) is 11.4. The first-order valence-corrected chi connectivity index (χ1v) is 15.1. The third-order valence-electron chi connectivity index (χ3n) is 8.38. The van der Waals surface area contributed by atoms with Crippen molar-refractivity contribution in [1.82, 2.24) is 24.4 Å². The Labute approximate surface area is 255 Å². The number of piperidine rings is 1. The van der Waals surface area contributed by atoms with Crippen LogP contribution in [0.3, 0.4) is 0 Å². The number of nitrogens with one attached hydrogen (secondary N) is 1. The van der Waals surface area contributed by atoms with E-state index in [1.54, 1.807) is 16.8 Å². The van der Waals surface area contributed by atoms with Gasteiger partial charge in [-0.2, -0.15) is 4.98 Å². The molecule has 3 aromatic heterocycles. The third-order valence-corrected chi connectivity index (χ3v) is 8.69. The molecule has 0 bridgehead atoms. The summed E-state index contributed by atoms with van der Waals surface area (Å²) in [6, 6.07) is 16.6. The van der Waals surface area contributed by atoms with E-state index in [1.807, 2.05) is 62.5 Å². The fraction of sp³-hybridized carbons (Fsp3) is 0.294. The predicted molar refractivity (Wildman–Crippen MR) is 172 cm³/mol. The van der Waals surface area contributed by atoms with E-state index in [0.717, 1.165) is 54.9 Å². The van der Waals surface area contributed by atoms with Crippen molar-refractivity contribution in [2.45, 2.75) is 46.1 Å². The summed E-state index contributed by atoms with van der Waals surface area (Å²) in [5.74, 6) is 0.294. The molecule has 1 aliphatic rings. The van der Waals surface area contributed by atoms with E-state index in [0.29, 0.717) is 45.4 Å². The minimum atomic E-state index is -0.225. The van der Waals surface area contributed by atoms with Crippen LogP contribution >= 0.6 is 11.6 Å². The van der Waals surface area contributed by atoms with Crippen LogP contribution in [0.2, 0.25) is 5.02 Å². The highest BCUT2D eigenvalue weighted by molar-refractivity contribution is 6.33. The van der Waals surface area contributed by atoms with Crippen molar-refractivity contribution in [2.75, 3.05) is 25.0 Å². The lowest BCUT2D eigenvalue weighted by Crippen LogP contribution is -2.32. The summed E-state index contributed by atoms with van der Waals surface area (Å²) in [5.41, 5.74) is 5.53. The highest BCUT2D eigenvalue weighted by Gasteiger charge is 2.22. The molecule has 220 valence electrons. The molecule has 6 rings (SSSR count). The van der Waals surface area contributed by atoms with Crippen LogP contribution in [0.15, 0.2) is 71.8 Å². The minimum absolute atomic E-state index is 0.198. The number of hydrogen-bond acceptors (Lipinski definition) is 6. The molecule has 2 aromatic carbocycles. The van der Waals surface area contributed by atoms with Crippen molar-refractivity contribution in [3.63, 3.8) is 0 Å². The van der Waals surface area contributed by atoms with Crippen LogP contribution in [0.25, 0.3) is 33.3 Å². The zero-order valence-electron chi connectivity index (χ0n) is 24.6. The Kier molecular flexibility index (Phi) is 8.23. The summed E-state index contributed by atoms with van der Waals surface area (Å²) in [5, 5.41) is 4.29. The van der Waals surface area contributed by atoms with Gasteiger partial charge in [0.1, 0.15) is 11.5 Å². The summed E-state index contributed by atoms with van der Waals surface area (Å²) < 4.78 is 16.8. The molecule has 1 N–H and O–H groups in total. The molecule has 43 heavy (non-hydrogen) atoms. The smallest absolute Gasteiger partial charge is 0.260 e. The van der Waals surface area contributed by atoms with Gasteiger partial charge in [0.15, 0.2) is 0 Å². The molecular weight excluding hydrogens is 563 g/mol. The van der Waals surface area contributed by atoms with Gasteiger partial charge < -0.3 is 10.2 Å². The Morgan fingerprint density at radius 2 is 1.72 bits per heavy atom. The molecule has 5 aromatic rings.